The molecule has 32 heavy (non-hydrogen) atoms. The van der Waals surface area contributed by atoms with Crippen molar-refractivity contribution in [2.24, 2.45) is 5.41 Å². The molecule has 0 aliphatic carbocycles. The summed E-state index contributed by atoms with van der Waals surface area (Å²) in [5, 5.41) is 0. The number of hydrogen-bond donors (Lipinski definition) is 0. The Labute approximate surface area is 187 Å². The number of nitrogens with zero attached hydrogens (tertiary/aromatic N) is 2. The fourth-order valence-electron chi connectivity index (χ4n) is 3.59. The topological polar surface area (TPSA) is 25.2 Å². The molecule has 0 atom stereocenters. The molecule has 0 aliphatic rings. The fourth-order valence-corrected chi connectivity index (χ4v) is 3.59. The Kier molecular flexibility index (Phi) is 7.12. The molecule has 2 aromatic carbocycles. The predicted octanol–water partition coefficient (Wildman–Crippen LogP) is 6.52. The zero-order chi connectivity index (χ0) is 23.4. The Balaban J connectivity index is 1.82. The molecule has 3 rings (SSSR count). The van der Waals surface area contributed by atoms with Gasteiger partial charge in [-0.1, -0.05) is 63.2 Å². The Morgan fingerprint density at radius 3 is 2.22 bits per heavy atom. The van der Waals surface area contributed by atoms with Crippen LogP contribution in [0.3, 0.4) is 0 Å². The van der Waals surface area contributed by atoms with Gasteiger partial charge in [-0.2, -0.15) is 13.2 Å². The molecule has 0 unspecified atom stereocenters. The van der Waals surface area contributed by atoms with Crippen LogP contribution in [0.2, 0.25) is 0 Å². The average Bonchev–Trinajstić information content (AvgIpc) is 3.13. The van der Waals surface area contributed by atoms with E-state index in [1.165, 1.54) is 12.1 Å². The molecule has 170 valence electrons. The van der Waals surface area contributed by atoms with E-state index in [-0.39, 0.29) is 11.3 Å². The highest BCUT2D eigenvalue weighted by molar-refractivity contribution is 5.76. The summed E-state index contributed by atoms with van der Waals surface area (Å²) in [6.07, 6.45) is -2.12. The second-order valence-corrected chi connectivity index (χ2v) is 9.30. The van der Waals surface area contributed by atoms with E-state index in [1.807, 2.05) is 78.9 Å². The lowest BCUT2D eigenvalue weighted by atomic mass is 9.91. The maximum absolute atomic E-state index is 13.1. The molecular formula is C26H29F3N2O. The highest BCUT2D eigenvalue weighted by Gasteiger charge is 2.30. The first kappa shape index (κ1) is 23.6. The SMILES string of the molecule is CC(C)(C)CC(=O)N(Cc1ccccc1)Cc1cccn1Cc1cccc(C(F)(F)F)c1. The van der Waals surface area contributed by atoms with Gasteiger partial charge in [0.05, 0.1) is 12.1 Å². The van der Waals surface area contributed by atoms with Crippen molar-refractivity contribution in [2.45, 2.75) is 53.0 Å². The number of hydrogen-bond acceptors (Lipinski definition) is 1. The number of halogens is 3. The molecule has 0 fully saturated rings. The van der Waals surface area contributed by atoms with E-state index in [9.17, 15) is 18.0 Å². The summed E-state index contributed by atoms with van der Waals surface area (Å²) in [6, 6.07) is 18.9. The van der Waals surface area contributed by atoms with Gasteiger partial charge in [-0.05, 0) is 40.8 Å². The summed E-state index contributed by atoms with van der Waals surface area (Å²) in [5.74, 6) is 0.0492. The van der Waals surface area contributed by atoms with E-state index >= 15 is 0 Å². The van der Waals surface area contributed by atoms with Crippen LogP contribution >= 0.6 is 0 Å². The molecule has 1 amide bonds. The number of carbonyl (C=O) groups excluding carboxylic acids is 1. The largest absolute Gasteiger partial charge is 0.416 e. The molecule has 1 aromatic heterocycles. The minimum atomic E-state index is -4.37. The van der Waals surface area contributed by atoms with Gasteiger partial charge in [-0.25, -0.2) is 0 Å². The lowest BCUT2D eigenvalue weighted by molar-refractivity contribution is -0.137. The van der Waals surface area contributed by atoms with Crippen LogP contribution in [-0.2, 0) is 30.6 Å². The zero-order valence-electron chi connectivity index (χ0n) is 18.7. The van der Waals surface area contributed by atoms with Gasteiger partial charge in [-0.15, -0.1) is 0 Å². The van der Waals surface area contributed by atoms with Crippen LogP contribution in [-0.4, -0.2) is 15.4 Å². The predicted molar refractivity (Wildman–Crippen MR) is 120 cm³/mol. The van der Waals surface area contributed by atoms with Crippen LogP contribution in [0.4, 0.5) is 13.2 Å². The molecule has 3 aromatic rings. The number of alkyl halides is 3. The lowest BCUT2D eigenvalue weighted by Crippen LogP contribution is -2.33. The number of benzene rings is 2. The van der Waals surface area contributed by atoms with Gasteiger partial charge in [0.2, 0.25) is 5.91 Å². The molecule has 0 aliphatic heterocycles. The number of aromatic nitrogens is 1. The summed E-state index contributed by atoms with van der Waals surface area (Å²) in [6.45, 7) is 7.25. The van der Waals surface area contributed by atoms with Crippen molar-refractivity contribution in [2.75, 3.05) is 0 Å². The molecule has 1 heterocycles. The van der Waals surface area contributed by atoms with Crippen molar-refractivity contribution >= 4 is 5.91 Å². The van der Waals surface area contributed by atoms with Gasteiger partial charge in [0.1, 0.15) is 0 Å². The van der Waals surface area contributed by atoms with Crippen molar-refractivity contribution in [1.82, 2.24) is 9.47 Å². The Morgan fingerprint density at radius 1 is 0.875 bits per heavy atom. The van der Waals surface area contributed by atoms with E-state index in [0.717, 1.165) is 17.3 Å². The van der Waals surface area contributed by atoms with Crippen molar-refractivity contribution in [1.29, 1.82) is 0 Å². The smallest absolute Gasteiger partial charge is 0.345 e. The number of rotatable bonds is 7. The monoisotopic (exact) mass is 442 g/mol. The number of amides is 1. The third kappa shape index (κ3) is 6.74. The van der Waals surface area contributed by atoms with Crippen LogP contribution in [0.5, 0.6) is 0 Å². The quantitative estimate of drug-likeness (QED) is 0.409. The van der Waals surface area contributed by atoms with Gasteiger partial charge in [0.15, 0.2) is 0 Å². The minimum absolute atomic E-state index is 0.0492. The van der Waals surface area contributed by atoms with E-state index in [2.05, 4.69) is 0 Å². The molecule has 0 N–H and O–H groups in total. The first-order chi connectivity index (χ1) is 15.0. The Bertz CT molecular complexity index is 1030. The third-order valence-corrected chi connectivity index (χ3v) is 5.13. The second-order valence-electron chi connectivity index (χ2n) is 9.30. The van der Waals surface area contributed by atoms with Crippen LogP contribution < -0.4 is 0 Å². The Morgan fingerprint density at radius 2 is 1.56 bits per heavy atom. The summed E-state index contributed by atoms with van der Waals surface area (Å²) in [4.78, 5) is 14.9. The maximum atomic E-state index is 13.1. The normalized spacial score (nSPS) is 12.1. The first-order valence-corrected chi connectivity index (χ1v) is 10.6. The lowest BCUT2D eigenvalue weighted by Gasteiger charge is -2.27. The molecule has 0 saturated heterocycles. The van der Waals surface area contributed by atoms with Crippen molar-refractivity contribution in [3.63, 3.8) is 0 Å². The van der Waals surface area contributed by atoms with E-state index in [1.54, 1.807) is 6.07 Å². The molecular weight excluding hydrogens is 413 g/mol. The molecule has 0 saturated carbocycles. The standard InChI is InChI=1S/C26H29F3N2O/c1-25(2,3)16-24(32)31(17-20-9-5-4-6-10-20)19-23-13-8-14-30(23)18-21-11-7-12-22(15-21)26(27,28)29/h4-15H,16-19H2,1-3H3. The van der Waals surface area contributed by atoms with Gasteiger partial charge in [0, 0.05) is 31.4 Å². The second kappa shape index (κ2) is 9.63. The van der Waals surface area contributed by atoms with Crippen LogP contribution in [0.1, 0.15) is 49.6 Å². The fraction of sp³-hybridized carbons (Fsp3) is 0.346. The van der Waals surface area contributed by atoms with Gasteiger partial charge < -0.3 is 9.47 Å². The van der Waals surface area contributed by atoms with Gasteiger partial charge >= 0.3 is 6.18 Å². The third-order valence-electron chi connectivity index (χ3n) is 5.13. The van der Waals surface area contributed by atoms with Crippen molar-refractivity contribution in [3.05, 3.63) is 95.3 Å². The molecule has 3 nitrogen and oxygen atoms in total. The molecule has 0 bridgehead atoms. The number of carbonyl (C=O) groups is 1. The summed E-state index contributed by atoms with van der Waals surface area (Å²) in [7, 11) is 0. The summed E-state index contributed by atoms with van der Waals surface area (Å²) >= 11 is 0. The molecule has 6 heteroatoms. The van der Waals surface area contributed by atoms with E-state index in [4.69, 9.17) is 0 Å². The van der Waals surface area contributed by atoms with Gasteiger partial charge in [0.25, 0.3) is 0 Å². The average molecular weight is 443 g/mol. The zero-order valence-corrected chi connectivity index (χ0v) is 18.7. The summed E-state index contributed by atoms with van der Waals surface area (Å²) in [5.41, 5.74) is 1.67. The minimum Gasteiger partial charge on any atom is -0.345 e. The van der Waals surface area contributed by atoms with Crippen molar-refractivity contribution in [3.8, 4) is 0 Å². The molecule has 0 radical (unpaired) electrons. The van der Waals surface area contributed by atoms with Crippen LogP contribution in [0.15, 0.2) is 72.9 Å². The van der Waals surface area contributed by atoms with E-state index < -0.39 is 11.7 Å². The van der Waals surface area contributed by atoms with Crippen LogP contribution in [0.25, 0.3) is 0 Å². The highest BCUT2D eigenvalue weighted by Crippen LogP contribution is 2.30. The maximum Gasteiger partial charge on any atom is 0.416 e. The summed E-state index contributed by atoms with van der Waals surface area (Å²) < 4.78 is 41.1. The van der Waals surface area contributed by atoms with E-state index in [0.29, 0.717) is 31.6 Å². The highest BCUT2D eigenvalue weighted by atomic mass is 19.4. The van der Waals surface area contributed by atoms with Gasteiger partial charge in [-0.3, -0.25) is 4.79 Å². The van der Waals surface area contributed by atoms with Crippen molar-refractivity contribution < 1.29 is 18.0 Å². The van der Waals surface area contributed by atoms with Crippen LogP contribution in [0, 0.1) is 5.41 Å². The molecule has 0 spiro atoms. The Hall–Kier alpha value is -3.02. The first-order valence-electron chi connectivity index (χ1n) is 10.6.